The van der Waals surface area contributed by atoms with E-state index in [9.17, 15) is 0 Å². The molecule has 1 aliphatic heterocycles. The molecule has 1 aromatic heterocycles. The predicted octanol–water partition coefficient (Wildman–Crippen LogP) is 2.05. The van der Waals surface area contributed by atoms with Crippen LogP contribution in [0.15, 0.2) is 12.3 Å². The van der Waals surface area contributed by atoms with Crippen LogP contribution in [0.25, 0.3) is 0 Å². The standard InChI is InChI=1S/C10H17N5.2C2H6/c1-14-4-6-15(7-5-14)8-2-3-13-10(12)9(8)11;2*1-2/h2-3H,4-7,11H2,1H3,(H2,12,13);2*1-2H3. The van der Waals surface area contributed by atoms with Gasteiger partial charge in [-0.1, -0.05) is 27.7 Å². The van der Waals surface area contributed by atoms with E-state index >= 15 is 0 Å². The Bertz CT molecular complexity index is 346. The summed E-state index contributed by atoms with van der Waals surface area (Å²) in [4.78, 5) is 8.52. The maximum Gasteiger partial charge on any atom is 0.148 e. The molecule has 5 heteroatoms. The molecule has 0 radical (unpaired) electrons. The van der Waals surface area contributed by atoms with Gasteiger partial charge in [0.05, 0.1) is 11.4 Å². The summed E-state index contributed by atoms with van der Waals surface area (Å²) in [5, 5.41) is 0. The highest BCUT2D eigenvalue weighted by Gasteiger charge is 2.17. The highest BCUT2D eigenvalue weighted by atomic mass is 15.3. The summed E-state index contributed by atoms with van der Waals surface area (Å²) in [7, 11) is 2.13. The highest BCUT2D eigenvalue weighted by molar-refractivity contribution is 5.76. The molecule has 1 saturated heterocycles. The molecule has 0 atom stereocenters. The molecular formula is C14H29N5. The first-order valence-electron chi connectivity index (χ1n) is 7.12. The summed E-state index contributed by atoms with van der Waals surface area (Å²) in [5.41, 5.74) is 13.2. The summed E-state index contributed by atoms with van der Waals surface area (Å²) in [6.45, 7) is 12.1. The Morgan fingerprint density at radius 3 is 2.05 bits per heavy atom. The predicted molar refractivity (Wildman–Crippen MR) is 85.5 cm³/mol. The zero-order valence-electron chi connectivity index (χ0n) is 13.0. The van der Waals surface area contributed by atoms with Crippen LogP contribution in [0.3, 0.4) is 0 Å². The lowest BCUT2D eigenvalue weighted by molar-refractivity contribution is 0.313. The van der Waals surface area contributed by atoms with E-state index in [0.29, 0.717) is 11.5 Å². The number of pyridine rings is 1. The van der Waals surface area contributed by atoms with Gasteiger partial charge in [-0.15, -0.1) is 0 Å². The summed E-state index contributed by atoms with van der Waals surface area (Å²) in [6.07, 6.45) is 1.71. The van der Waals surface area contributed by atoms with E-state index in [1.54, 1.807) is 6.20 Å². The molecule has 2 heterocycles. The second-order valence-corrected chi connectivity index (χ2v) is 3.92. The number of likely N-dealkylation sites (N-methyl/N-ethyl adjacent to an activating group) is 1. The third-order valence-corrected chi connectivity index (χ3v) is 2.84. The van der Waals surface area contributed by atoms with E-state index in [2.05, 4.69) is 21.8 Å². The smallest absolute Gasteiger partial charge is 0.148 e. The molecule has 0 amide bonds. The van der Waals surface area contributed by atoms with Crippen molar-refractivity contribution in [3.63, 3.8) is 0 Å². The third-order valence-electron chi connectivity index (χ3n) is 2.84. The van der Waals surface area contributed by atoms with Crippen molar-refractivity contribution in [1.29, 1.82) is 0 Å². The number of nitrogens with two attached hydrogens (primary N) is 2. The van der Waals surface area contributed by atoms with Gasteiger partial charge in [-0.3, -0.25) is 0 Å². The number of nitrogen functional groups attached to an aromatic ring is 2. The normalized spacial score (nSPS) is 14.9. The molecule has 1 fully saturated rings. The number of hydrogen-bond acceptors (Lipinski definition) is 5. The first-order chi connectivity index (χ1) is 9.18. The van der Waals surface area contributed by atoms with Crippen molar-refractivity contribution in [3.8, 4) is 0 Å². The van der Waals surface area contributed by atoms with Crippen molar-refractivity contribution in [2.24, 2.45) is 0 Å². The molecule has 1 aliphatic rings. The minimum absolute atomic E-state index is 0.423. The number of anilines is 3. The van der Waals surface area contributed by atoms with Crippen LogP contribution in [-0.4, -0.2) is 43.1 Å². The van der Waals surface area contributed by atoms with Crippen molar-refractivity contribution in [3.05, 3.63) is 12.3 Å². The number of piperazine rings is 1. The quantitative estimate of drug-likeness (QED) is 0.815. The summed E-state index contributed by atoms with van der Waals surface area (Å²) < 4.78 is 0. The largest absolute Gasteiger partial charge is 0.394 e. The minimum Gasteiger partial charge on any atom is -0.394 e. The summed E-state index contributed by atoms with van der Waals surface area (Å²) >= 11 is 0. The van der Waals surface area contributed by atoms with Gasteiger partial charge in [0.15, 0.2) is 0 Å². The Hall–Kier alpha value is -1.49. The Labute approximate surface area is 117 Å². The van der Waals surface area contributed by atoms with Crippen molar-refractivity contribution in [2.75, 3.05) is 49.6 Å². The Kier molecular flexibility index (Phi) is 8.70. The molecule has 0 spiro atoms. The van der Waals surface area contributed by atoms with Crippen molar-refractivity contribution < 1.29 is 0 Å². The average Bonchev–Trinajstić information content (AvgIpc) is 2.47. The molecule has 0 bridgehead atoms. The summed E-state index contributed by atoms with van der Waals surface area (Å²) in [6, 6.07) is 1.93. The first-order valence-corrected chi connectivity index (χ1v) is 7.12. The van der Waals surface area contributed by atoms with Gasteiger partial charge in [0, 0.05) is 32.4 Å². The number of aromatic nitrogens is 1. The number of hydrogen-bond donors (Lipinski definition) is 2. The Morgan fingerprint density at radius 2 is 1.53 bits per heavy atom. The van der Waals surface area contributed by atoms with E-state index in [0.717, 1.165) is 31.9 Å². The fourth-order valence-electron chi connectivity index (χ4n) is 1.80. The molecule has 4 N–H and O–H groups in total. The maximum absolute atomic E-state index is 5.91. The van der Waals surface area contributed by atoms with E-state index < -0.39 is 0 Å². The second kappa shape index (κ2) is 9.44. The summed E-state index contributed by atoms with van der Waals surface area (Å²) in [5.74, 6) is 0.423. The second-order valence-electron chi connectivity index (χ2n) is 3.92. The average molecular weight is 267 g/mol. The van der Waals surface area contributed by atoms with E-state index in [1.165, 1.54) is 0 Å². The molecule has 0 aliphatic carbocycles. The SMILES string of the molecule is CC.CC.CN1CCN(c2ccnc(N)c2N)CC1. The van der Waals surface area contributed by atoms with Crippen LogP contribution in [-0.2, 0) is 0 Å². The van der Waals surface area contributed by atoms with E-state index in [4.69, 9.17) is 11.5 Å². The molecule has 110 valence electrons. The zero-order valence-corrected chi connectivity index (χ0v) is 13.0. The van der Waals surface area contributed by atoms with Gasteiger partial charge in [-0.05, 0) is 13.1 Å². The number of nitrogens with zero attached hydrogens (tertiary/aromatic N) is 3. The number of rotatable bonds is 1. The molecular weight excluding hydrogens is 238 g/mol. The fraction of sp³-hybridized carbons (Fsp3) is 0.643. The monoisotopic (exact) mass is 267 g/mol. The molecule has 5 nitrogen and oxygen atoms in total. The molecule has 0 aromatic carbocycles. The fourth-order valence-corrected chi connectivity index (χ4v) is 1.80. The van der Waals surface area contributed by atoms with E-state index in [1.807, 2.05) is 33.8 Å². The van der Waals surface area contributed by atoms with Crippen molar-refractivity contribution in [1.82, 2.24) is 9.88 Å². The molecule has 19 heavy (non-hydrogen) atoms. The lowest BCUT2D eigenvalue weighted by Gasteiger charge is -2.34. The lowest BCUT2D eigenvalue weighted by atomic mass is 10.2. The van der Waals surface area contributed by atoms with Crippen LogP contribution in [0, 0.1) is 0 Å². The molecule has 2 rings (SSSR count). The van der Waals surface area contributed by atoms with Crippen LogP contribution >= 0.6 is 0 Å². The highest BCUT2D eigenvalue weighted by Crippen LogP contribution is 2.26. The van der Waals surface area contributed by atoms with Gasteiger partial charge in [0.25, 0.3) is 0 Å². The zero-order chi connectivity index (χ0) is 14.8. The van der Waals surface area contributed by atoms with Crippen LogP contribution in [0.1, 0.15) is 27.7 Å². The van der Waals surface area contributed by atoms with Gasteiger partial charge in [-0.2, -0.15) is 0 Å². The van der Waals surface area contributed by atoms with Crippen LogP contribution in [0.5, 0.6) is 0 Å². The van der Waals surface area contributed by atoms with Gasteiger partial charge in [0.1, 0.15) is 5.82 Å². The third kappa shape index (κ3) is 4.95. The Balaban J connectivity index is 0.000000741. The van der Waals surface area contributed by atoms with Crippen molar-refractivity contribution in [2.45, 2.75) is 27.7 Å². The van der Waals surface area contributed by atoms with Crippen LogP contribution in [0.2, 0.25) is 0 Å². The van der Waals surface area contributed by atoms with Crippen molar-refractivity contribution >= 4 is 17.2 Å². The topological polar surface area (TPSA) is 71.4 Å². The van der Waals surface area contributed by atoms with Gasteiger partial charge >= 0.3 is 0 Å². The lowest BCUT2D eigenvalue weighted by Crippen LogP contribution is -2.44. The molecule has 1 aromatic rings. The first kappa shape index (κ1) is 17.5. The van der Waals surface area contributed by atoms with Gasteiger partial charge in [0.2, 0.25) is 0 Å². The van der Waals surface area contributed by atoms with E-state index in [-0.39, 0.29) is 0 Å². The van der Waals surface area contributed by atoms with Gasteiger partial charge < -0.3 is 21.3 Å². The van der Waals surface area contributed by atoms with Crippen LogP contribution < -0.4 is 16.4 Å². The molecule has 0 saturated carbocycles. The Morgan fingerprint density at radius 1 is 1.00 bits per heavy atom. The van der Waals surface area contributed by atoms with Crippen LogP contribution in [0.4, 0.5) is 17.2 Å². The maximum atomic E-state index is 5.91. The van der Waals surface area contributed by atoms with Gasteiger partial charge in [-0.25, -0.2) is 4.98 Å². The minimum atomic E-state index is 0.423. The molecule has 0 unspecified atom stereocenters.